The summed E-state index contributed by atoms with van der Waals surface area (Å²) in [5, 5.41) is 6.10. The van der Waals surface area contributed by atoms with Gasteiger partial charge >= 0.3 is 5.97 Å². The molecular formula is C32H29F2N3O3. The van der Waals surface area contributed by atoms with E-state index in [1.54, 1.807) is 18.2 Å². The number of carbonyl (C=O) groups is 2. The third kappa shape index (κ3) is 6.01. The van der Waals surface area contributed by atoms with E-state index in [4.69, 9.17) is 4.98 Å². The van der Waals surface area contributed by atoms with Crippen molar-refractivity contribution in [1.29, 1.82) is 0 Å². The number of benzene rings is 3. The van der Waals surface area contributed by atoms with Gasteiger partial charge in [-0.1, -0.05) is 42.5 Å². The van der Waals surface area contributed by atoms with Crippen LogP contribution in [0.4, 0.5) is 14.6 Å². The standard InChI is InChI=1S/C32H29F2N3O3/c1-40-32(39)29-26(5-2-6-27(29)33)23-12-13-24(28(34)18-23)19-36-31(38)22-10-7-20(8-11-22)9-15-25-16-14-21-4-3-17-35-30(21)37-25/h2,5-8,10-14,16,18H,3-4,9,15,17,19H2,1H3,(H,35,37)(H,36,38). The molecule has 2 N–H and O–H groups in total. The van der Waals surface area contributed by atoms with Gasteiger partial charge in [0.25, 0.3) is 5.91 Å². The lowest BCUT2D eigenvalue weighted by Crippen LogP contribution is -2.23. The molecule has 204 valence electrons. The van der Waals surface area contributed by atoms with E-state index in [-0.39, 0.29) is 29.1 Å². The van der Waals surface area contributed by atoms with Gasteiger partial charge in [-0.25, -0.2) is 18.6 Å². The van der Waals surface area contributed by atoms with E-state index in [1.807, 2.05) is 12.1 Å². The summed E-state index contributed by atoms with van der Waals surface area (Å²) in [7, 11) is 1.16. The molecule has 0 saturated carbocycles. The van der Waals surface area contributed by atoms with Crippen LogP contribution in [0.15, 0.2) is 72.8 Å². The number of ether oxygens (including phenoxy) is 1. The number of nitrogens with zero attached hydrogens (tertiary/aromatic N) is 1. The van der Waals surface area contributed by atoms with Crippen molar-refractivity contribution in [3.05, 3.63) is 118 Å². The Morgan fingerprint density at radius 2 is 1.80 bits per heavy atom. The Balaban J connectivity index is 1.19. The van der Waals surface area contributed by atoms with Gasteiger partial charge < -0.3 is 15.4 Å². The number of amides is 1. The van der Waals surface area contributed by atoms with Crippen molar-refractivity contribution < 1.29 is 23.1 Å². The van der Waals surface area contributed by atoms with E-state index in [2.05, 4.69) is 27.5 Å². The van der Waals surface area contributed by atoms with Gasteiger partial charge in [0.1, 0.15) is 23.0 Å². The van der Waals surface area contributed by atoms with Gasteiger partial charge in [-0.2, -0.15) is 0 Å². The molecule has 3 aromatic carbocycles. The molecule has 1 aliphatic heterocycles. The van der Waals surface area contributed by atoms with Crippen LogP contribution in [0.25, 0.3) is 11.1 Å². The second-order valence-electron chi connectivity index (χ2n) is 9.68. The average Bonchev–Trinajstić information content (AvgIpc) is 2.99. The molecule has 0 fully saturated rings. The van der Waals surface area contributed by atoms with E-state index < -0.39 is 17.6 Å². The van der Waals surface area contributed by atoms with Crippen molar-refractivity contribution in [2.45, 2.75) is 32.2 Å². The van der Waals surface area contributed by atoms with E-state index >= 15 is 0 Å². The molecule has 8 heteroatoms. The first kappa shape index (κ1) is 27.0. The number of aromatic nitrogens is 1. The summed E-state index contributed by atoms with van der Waals surface area (Å²) in [5.74, 6) is -1.51. The number of aryl methyl sites for hydroxylation is 3. The second kappa shape index (κ2) is 12.1. The smallest absolute Gasteiger partial charge is 0.341 e. The molecule has 0 radical (unpaired) electrons. The summed E-state index contributed by atoms with van der Waals surface area (Å²) >= 11 is 0. The molecule has 0 aliphatic carbocycles. The second-order valence-corrected chi connectivity index (χ2v) is 9.68. The highest BCUT2D eigenvalue weighted by atomic mass is 19.1. The Morgan fingerprint density at radius 1 is 0.975 bits per heavy atom. The molecule has 5 rings (SSSR count). The van der Waals surface area contributed by atoms with Crippen LogP contribution in [0.1, 0.15) is 49.5 Å². The lowest BCUT2D eigenvalue weighted by atomic mass is 9.98. The number of nitrogens with one attached hydrogen (secondary N) is 2. The number of hydrogen-bond acceptors (Lipinski definition) is 5. The van der Waals surface area contributed by atoms with Crippen molar-refractivity contribution in [2.24, 2.45) is 0 Å². The monoisotopic (exact) mass is 541 g/mol. The maximum absolute atomic E-state index is 14.9. The molecular weight excluding hydrogens is 512 g/mol. The molecule has 1 amide bonds. The van der Waals surface area contributed by atoms with Crippen LogP contribution in [-0.2, 0) is 30.5 Å². The van der Waals surface area contributed by atoms with Gasteiger partial charge in [0.15, 0.2) is 0 Å². The SMILES string of the molecule is COC(=O)c1c(F)cccc1-c1ccc(CNC(=O)c2ccc(CCc3ccc4c(n3)NCCC4)cc2)c(F)c1. The van der Waals surface area contributed by atoms with Crippen molar-refractivity contribution in [2.75, 3.05) is 19.0 Å². The summed E-state index contributed by atoms with van der Waals surface area (Å²) < 4.78 is 33.9. The van der Waals surface area contributed by atoms with Crippen LogP contribution >= 0.6 is 0 Å². The molecule has 6 nitrogen and oxygen atoms in total. The lowest BCUT2D eigenvalue weighted by molar-refractivity contribution is 0.0596. The van der Waals surface area contributed by atoms with E-state index in [1.165, 1.54) is 29.8 Å². The fraction of sp³-hybridized carbons (Fsp3) is 0.219. The fourth-order valence-corrected chi connectivity index (χ4v) is 4.81. The predicted octanol–water partition coefficient (Wildman–Crippen LogP) is 5.89. The number of pyridine rings is 1. The quantitative estimate of drug-likeness (QED) is 0.272. The summed E-state index contributed by atoms with van der Waals surface area (Å²) in [6, 6.07) is 20.0. The van der Waals surface area contributed by atoms with Gasteiger partial charge in [0.05, 0.1) is 7.11 Å². The summed E-state index contributed by atoms with van der Waals surface area (Å²) in [6.45, 7) is 0.926. The van der Waals surface area contributed by atoms with Gasteiger partial charge in [-0.05, 0) is 78.3 Å². The van der Waals surface area contributed by atoms with Crippen molar-refractivity contribution >= 4 is 17.7 Å². The van der Waals surface area contributed by atoms with E-state index in [9.17, 15) is 18.4 Å². The number of halogens is 2. The highest BCUT2D eigenvalue weighted by molar-refractivity contribution is 5.97. The highest BCUT2D eigenvalue weighted by Gasteiger charge is 2.19. The normalized spacial score (nSPS) is 12.3. The molecule has 2 heterocycles. The molecule has 0 saturated heterocycles. The zero-order valence-corrected chi connectivity index (χ0v) is 22.1. The first-order valence-corrected chi connectivity index (χ1v) is 13.2. The van der Waals surface area contributed by atoms with Crippen molar-refractivity contribution in [3.63, 3.8) is 0 Å². The average molecular weight is 542 g/mol. The van der Waals surface area contributed by atoms with Crippen LogP contribution in [0.2, 0.25) is 0 Å². The lowest BCUT2D eigenvalue weighted by Gasteiger charge is -2.17. The minimum Gasteiger partial charge on any atom is -0.465 e. The zero-order valence-electron chi connectivity index (χ0n) is 22.1. The number of methoxy groups -OCH3 is 1. The zero-order chi connectivity index (χ0) is 28.1. The number of esters is 1. The molecule has 1 aromatic heterocycles. The number of anilines is 1. The molecule has 4 aromatic rings. The van der Waals surface area contributed by atoms with Gasteiger partial charge in [-0.3, -0.25) is 4.79 Å². The van der Waals surface area contributed by atoms with Crippen LogP contribution in [0.5, 0.6) is 0 Å². The third-order valence-electron chi connectivity index (χ3n) is 7.04. The molecule has 40 heavy (non-hydrogen) atoms. The van der Waals surface area contributed by atoms with Crippen LogP contribution in [-0.4, -0.2) is 30.5 Å². The van der Waals surface area contributed by atoms with Crippen LogP contribution in [0.3, 0.4) is 0 Å². The van der Waals surface area contributed by atoms with Gasteiger partial charge in [-0.15, -0.1) is 0 Å². The summed E-state index contributed by atoms with van der Waals surface area (Å²) in [4.78, 5) is 29.5. The van der Waals surface area contributed by atoms with E-state index in [0.717, 1.165) is 62.5 Å². The summed E-state index contributed by atoms with van der Waals surface area (Å²) in [5.41, 5.74) is 4.41. The van der Waals surface area contributed by atoms with Crippen molar-refractivity contribution in [1.82, 2.24) is 10.3 Å². The van der Waals surface area contributed by atoms with Crippen molar-refractivity contribution in [3.8, 4) is 11.1 Å². The fourth-order valence-electron chi connectivity index (χ4n) is 4.81. The Bertz CT molecular complexity index is 1550. The maximum atomic E-state index is 14.9. The molecule has 0 unspecified atom stereocenters. The minimum absolute atomic E-state index is 0.0300. The Hall–Kier alpha value is -4.59. The minimum atomic E-state index is -0.844. The highest BCUT2D eigenvalue weighted by Crippen LogP contribution is 2.28. The number of carbonyl (C=O) groups excluding carboxylic acids is 2. The molecule has 0 atom stereocenters. The summed E-state index contributed by atoms with van der Waals surface area (Å²) in [6.07, 6.45) is 3.79. The molecule has 1 aliphatic rings. The Labute approximate surface area is 231 Å². The maximum Gasteiger partial charge on any atom is 0.341 e. The number of fused-ring (bicyclic) bond motifs is 1. The topological polar surface area (TPSA) is 80.3 Å². The van der Waals surface area contributed by atoms with Gasteiger partial charge in [0, 0.05) is 29.9 Å². The Morgan fingerprint density at radius 3 is 2.58 bits per heavy atom. The largest absolute Gasteiger partial charge is 0.465 e. The first-order valence-electron chi connectivity index (χ1n) is 13.2. The first-order chi connectivity index (χ1) is 19.4. The van der Waals surface area contributed by atoms with E-state index in [0.29, 0.717) is 11.1 Å². The number of hydrogen-bond donors (Lipinski definition) is 2. The molecule has 0 spiro atoms. The predicted molar refractivity (Wildman–Crippen MR) is 149 cm³/mol. The third-order valence-corrected chi connectivity index (χ3v) is 7.04. The Kier molecular flexibility index (Phi) is 8.15. The molecule has 0 bridgehead atoms. The van der Waals surface area contributed by atoms with Crippen LogP contribution < -0.4 is 10.6 Å². The van der Waals surface area contributed by atoms with Gasteiger partial charge in [0.2, 0.25) is 0 Å². The van der Waals surface area contributed by atoms with Crippen LogP contribution in [0, 0.1) is 11.6 Å². The number of rotatable bonds is 8.